The van der Waals surface area contributed by atoms with Crippen molar-refractivity contribution in [1.82, 2.24) is 14.8 Å². The molecular weight excluding hydrogens is 268 g/mol. The zero-order valence-corrected chi connectivity index (χ0v) is 12.3. The summed E-state index contributed by atoms with van der Waals surface area (Å²) < 4.78 is 1.95. The lowest BCUT2D eigenvalue weighted by atomic mass is 10.2. The molecule has 20 heavy (non-hydrogen) atoms. The smallest absolute Gasteiger partial charge is 0.183 e. The van der Waals surface area contributed by atoms with Crippen LogP contribution in [0.4, 0.5) is 5.13 Å². The highest BCUT2D eigenvalue weighted by atomic mass is 32.1. The fourth-order valence-electron chi connectivity index (χ4n) is 2.12. The second kappa shape index (κ2) is 5.46. The van der Waals surface area contributed by atoms with E-state index in [0.717, 1.165) is 34.3 Å². The Bertz CT molecular complexity index is 700. The van der Waals surface area contributed by atoms with Gasteiger partial charge in [-0.3, -0.25) is 0 Å². The van der Waals surface area contributed by atoms with Crippen molar-refractivity contribution in [1.29, 1.82) is 0 Å². The molecule has 0 bridgehead atoms. The predicted molar refractivity (Wildman–Crippen MR) is 83.6 cm³/mol. The number of para-hydroxylation sites is 1. The normalized spacial score (nSPS) is 10.7. The summed E-state index contributed by atoms with van der Waals surface area (Å²) in [4.78, 5) is 4.59. The second-order valence-electron chi connectivity index (χ2n) is 4.46. The average molecular weight is 284 g/mol. The lowest BCUT2D eigenvalue weighted by Gasteiger charge is -2.04. The standard InChI is InChI=1S/C15H16N4S/c1-3-16-15-18-14(10-20-15)13-9-17-19(11(13)2)12-7-5-4-6-8-12/h4-10H,3H2,1-2H3,(H,16,18). The molecule has 0 atom stereocenters. The lowest BCUT2D eigenvalue weighted by Crippen LogP contribution is -1.98. The number of nitrogens with zero attached hydrogens (tertiary/aromatic N) is 3. The third-order valence-electron chi connectivity index (χ3n) is 3.12. The van der Waals surface area contributed by atoms with Crippen LogP contribution in [-0.2, 0) is 0 Å². The van der Waals surface area contributed by atoms with Gasteiger partial charge in [0.15, 0.2) is 5.13 Å². The molecule has 0 spiro atoms. The molecule has 0 aliphatic heterocycles. The van der Waals surface area contributed by atoms with Gasteiger partial charge in [0.1, 0.15) is 0 Å². The van der Waals surface area contributed by atoms with Crippen LogP contribution in [0, 0.1) is 6.92 Å². The van der Waals surface area contributed by atoms with E-state index >= 15 is 0 Å². The zero-order chi connectivity index (χ0) is 13.9. The first-order valence-corrected chi connectivity index (χ1v) is 7.47. The van der Waals surface area contributed by atoms with Crippen LogP contribution in [0.15, 0.2) is 41.9 Å². The van der Waals surface area contributed by atoms with Crippen LogP contribution >= 0.6 is 11.3 Å². The fraction of sp³-hybridized carbons (Fsp3) is 0.200. The molecule has 0 radical (unpaired) electrons. The minimum Gasteiger partial charge on any atom is -0.362 e. The summed E-state index contributed by atoms with van der Waals surface area (Å²) in [5, 5.41) is 10.7. The summed E-state index contributed by atoms with van der Waals surface area (Å²) in [6.07, 6.45) is 1.88. The summed E-state index contributed by atoms with van der Waals surface area (Å²) in [6.45, 7) is 5.02. The molecular formula is C15H16N4S. The molecule has 102 valence electrons. The van der Waals surface area contributed by atoms with E-state index in [4.69, 9.17) is 0 Å². The molecule has 0 unspecified atom stereocenters. The van der Waals surface area contributed by atoms with Crippen molar-refractivity contribution < 1.29 is 0 Å². The zero-order valence-electron chi connectivity index (χ0n) is 11.5. The van der Waals surface area contributed by atoms with Crippen molar-refractivity contribution in [3.05, 3.63) is 47.6 Å². The summed E-state index contributed by atoms with van der Waals surface area (Å²) >= 11 is 1.62. The van der Waals surface area contributed by atoms with Gasteiger partial charge in [-0.15, -0.1) is 11.3 Å². The van der Waals surface area contributed by atoms with Gasteiger partial charge < -0.3 is 5.32 Å². The summed E-state index contributed by atoms with van der Waals surface area (Å²) in [5.74, 6) is 0. The molecule has 1 aromatic carbocycles. The average Bonchev–Trinajstić information content (AvgIpc) is 3.07. The Balaban J connectivity index is 1.97. The number of nitrogens with one attached hydrogen (secondary N) is 1. The van der Waals surface area contributed by atoms with Gasteiger partial charge in [-0.25, -0.2) is 9.67 Å². The molecule has 5 heteroatoms. The van der Waals surface area contributed by atoms with E-state index < -0.39 is 0 Å². The van der Waals surface area contributed by atoms with E-state index in [1.165, 1.54) is 0 Å². The maximum Gasteiger partial charge on any atom is 0.183 e. The van der Waals surface area contributed by atoms with Crippen LogP contribution in [0.2, 0.25) is 0 Å². The van der Waals surface area contributed by atoms with E-state index in [1.807, 2.05) is 29.1 Å². The Labute approximate surface area is 122 Å². The number of hydrogen-bond acceptors (Lipinski definition) is 4. The molecule has 2 aromatic heterocycles. The Morgan fingerprint density at radius 1 is 1.25 bits per heavy atom. The van der Waals surface area contributed by atoms with Gasteiger partial charge in [-0.05, 0) is 26.0 Å². The quantitative estimate of drug-likeness (QED) is 0.793. The molecule has 0 saturated carbocycles. The predicted octanol–water partition coefficient (Wildman–Crippen LogP) is 3.74. The molecule has 0 aliphatic carbocycles. The second-order valence-corrected chi connectivity index (χ2v) is 5.32. The van der Waals surface area contributed by atoms with Gasteiger partial charge in [-0.2, -0.15) is 5.10 Å². The molecule has 0 fully saturated rings. The lowest BCUT2D eigenvalue weighted by molar-refractivity contribution is 0.847. The summed E-state index contributed by atoms with van der Waals surface area (Å²) in [5.41, 5.74) is 4.22. The first kappa shape index (κ1) is 12.9. The van der Waals surface area contributed by atoms with Crippen molar-refractivity contribution >= 4 is 16.5 Å². The van der Waals surface area contributed by atoms with Gasteiger partial charge >= 0.3 is 0 Å². The number of benzene rings is 1. The first-order chi connectivity index (χ1) is 9.79. The summed E-state index contributed by atoms with van der Waals surface area (Å²) in [7, 11) is 0. The van der Waals surface area contributed by atoms with Crippen LogP contribution in [0.25, 0.3) is 16.9 Å². The van der Waals surface area contributed by atoms with Crippen molar-refractivity contribution in [2.24, 2.45) is 0 Å². The third-order valence-corrected chi connectivity index (χ3v) is 3.92. The van der Waals surface area contributed by atoms with Crippen LogP contribution in [-0.4, -0.2) is 21.3 Å². The Hall–Kier alpha value is -2.14. The maximum atomic E-state index is 4.59. The Kier molecular flexibility index (Phi) is 3.52. The van der Waals surface area contributed by atoms with Gasteiger partial charge in [-0.1, -0.05) is 18.2 Å². The van der Waals surface area contributed by atoms with E-state index in [0.29, 0.717) is 0 Å². The van der Waals surface area contributed by atoms with Gasteiger partial charge in [0.25, 0.3) is 0 Å². The topological polar surface area (TPSA) is 42.7 Å². The van der Waals surface area contributed by atoms with Crippen molar-refractivity contribution in [2.75, 3.05) is 11.9 Å². The SMILES string of the molecule is CCNc1nc(-c2cnn(-c3ccccc3)c2C)cs1. The van der Waals surface area contributed by atoms with E-state index in [1.54, 1.807) is 11.3 Å². The highest BCUT2D eigenvalue weighted by molar-refractivity contribution is 7.14. The largest absolute Gasteiger partial charge is 0.362 e. The van der Waals surface area contributed by atoms with Crippen molar-refractivity contribution in [2.45, 2.75) is 13.8 Å². The first-order valence-electron chi connectivity index (χ1n) is 6.59. The molecule has 0 amide bonds. The Morgan fingerprint density at radius 3 is 2.80 bits per heavy atom. The van der Waals surface area contributed by atoms with E-state index in [9.17, 15) is 0 Å². The van der Waals surface area contributed by atoms with Gasteiger partial charge in [0.05, 0.1) is 23.3 Å². The molecule has 0 saturated heterocycles. The summed E-state index contributed by atoms with van der Waals surface area (Å²) in [6, 6.07) is 10.1. The number of anilines is 1. The van der Waals surface area contributed by atoms with E-state index in [2.05, 4.69) is 46.8 Å². The molecule has 2 heterocycles. The van der Waals surface area contributed by atoms with Crippen LogP contribution < -0.4 is 5.32 Å². The van der Waals surface area contributed by atoms with Crippen molar-refractivity contribution in [3.8, 4) is 16.9 Å². The molecule has 3 rings (SSSR count). The monoisotopic (exact) mass is 284 g/mol. The molecule has 0 aliphatic rings. The molecule has 3 aromatic rings. The van der Waals surface area contributed by atoms with Crippen LogP contribution in [0.5, 0.6) is 0 Å². The minimum atomic E-state index is 0.884. The van der Waals surface area contributed by atoms with Crippen LogP contribution in [0.3, 0.4) is 0 Å². The van der Waals surface area contributed by atoms with Gasteiger partial charge in [0.2, 0.25) is 0 Å². The fourth-order valence-corrected chi connectivity index (χ4v) is 2.90. The van der Waals surface area contributed by atoms with Crippen molar-refractivity contribution in [3.63, 3.8) is 0 Å². The number of thiazole rings is 1. The highest BCUT2D eigenvalue weighted by Crippen LogP contribution is 2.28. The molecule has 4 nitrogen and oxygen atoms in total. The highest BCUT2D eigenvalue weighted by Gasteiger charge is 2.12. The van der Waals surface area contributed by atoms with Gasteiger partial charge in [0, 0.05) is 17.5 Å². The van der Waals surface area contributed by atoms with E-state index in [-0.39, 0.29) is 0 Å². The molecule has 1 N–H and O–H groups in total. The Morgan fingerprint density at radius 2 is 2.05 bits per heavy atom. The number of rotatable bonds is 4. The number of aromatic nitrogens is 3. The van der Waals surface area contributed by atoms with Crippen LogP contribution in [0.1, 0.15) is 12.6 Å². The maximum absolute atomic E-state index is 4.59. The minimum absolute atomic E-state index is 0.884. The third kappa shape index (κ3) is 2.32. The number of hydrogen-bond donors (Lipinski definition) is 1.